The molecule has 0 aliphatic heterocycles. The summed E-state index contributed by atoms with van der Waals surface area (Å²) in [6.45, 7) is 3.31. The topological polar surface area (TPSA) is 68.5 Å². The maximum absolute atomic E-state index is 12.6. The number of carbonyl (C=O) groups excluding carboxylic acids is 1. The summed E-state index contributed by atoms with van der Waals surface area (Å²) in [5, 5.41) is 8.41. The normalized spacial score (nSPS) is 11.6. The number of rotatable bonds is 7. The number of hydrogen-bond donors (Lipinski definition) is 0. The molecule has 0 bridgehead atoms. The van der Waals surface area contributed by atoms with E-state index in [4.69, 9.17) is 20.8 Å². The highest BCUT2D eigenvalue weighted by molar-refractivity contribution is 6.33. The molecule has 0 spiro atoms. The lowest BCUT2D eigenvalue weighted by Crippen LogP contribution is -2.39. The Morgan fingerprint density at radius 3 is 2.42 bits per heavy atom. The van der Waals surface area contributed by atoms with Crippen molar-refractivity contribution in [2.24, 2.45) is 0 Å². The van der Waals surface area contributed by atoms with Crippen LogP contribution in [0.2, 0.25) is 5.02 Å². The van der Waals surface area contributed by atoms with Gasteiger partial charge >= 0.3 is 6.18 Å². The van der Waals surface area contributed by atoms with Crippen LogP contribution in [0.3, 0.4) is 0 Å². The van der Waals surface area contributed by atoms with E-state index in [9.17, 15) is 18.0 Å². The van der Waals surface area contributed by atoms with Crippen LogP contribution in [0.4, 0.5) is 13.2 Å². The second-order valence-electron chi connectivity index (χ2n) is 6.91. The number of halogens is 4. The van der Waals surface area contributed by atoms with Crippen molar-refractivity contribution in [2.75, 3.05) is 6.61 Å². The van der Waals surface area contributed by atoms with Crippen molar-refractivity contribution in [3.63, 3.8) is 0 Å². The third-order valence-corrected chi connectivity index (χ3v) is 4.69. The van der Waals surface area contributed by atoms with E-state index in [2.05, 4.69) is 10.2 Å². The van der Waals surface area contributed by atoms with Crippen LogP contribution in [0, 0.1) is 0 Å². The van der Waals surface area contributed by atoms with Crippen molar-refractivity contribution in [2.45, 2.75) is 32.6 Å². The van der Waals surface area contributed by atoms with E-state index >= 15 is 0 Å². The summed E-state index contributed by atoms with van der Waals surface area (Å²) < 4.78 is 48.9. The molecular formula is C21H19ClF3N3O3. The predicted octanol–water partition coefficient (Wildman–Crippen LogP) is 5.22. The highest BCUT2D eigenvalue weighted by atomic mass is 35.5. The standard InChI is InChI=1S/C21H19ClF3N3O3/c1-13(2)28(11-18-26-27-20(31-18)16-5-3-4-6-17(16)22)19(29)12-30-15-9-7-14(8-10-15)21(23,24)25/h3-10,13H,11-12H2,1-2H3. The smallest absolute Gasteiger partial charge is 0.416 e. The van der Waals surface area contributed by atoms with Crippen LogP contribution in [0.25, 0.3) is 11.5 Å². The molecule has 31 heavy (non-hydrogen) atoms. The molecule has 3 rings (SSSR count). The van der Waals surface area contributed by atoms with Crippen LogP contribution in [-0.4, -0.2) is 33.7 Å². The molecule has 0 aliphatic carbocycles. The Kier molecular flexibility index (Phi) is 6.84. The fraction of sp³-hybridized carbons (Fsp3) is 0.286. The summed E-state index contributed by atoms with van der Waals surface area (Å²) in [4.78, 5) is 14.1. The predicted molar refractivity (Wildman–Crippen MR) is 107 cm³/mol. The van der Waals surface area contributed by atoms with E-state index in [1.807, 2.05) is 0 Å². The van der Waals surface area contributed by atoms with Gasteiger partial charge in [-0.05, 0) is 50.2 Å². The van der Waals surface area contributed by atoms with Crippen molar-refractivity contribution >= 4 is 17.5 Å². The SMILES string of the molecule is CC(C)N(Cc1nnc(-c2ccccc2Cl)o1)C(=O)COc1ccc(C(F)(F)F)cc1. The van der Waals surface area contributed by atoms with Crippen LogP contribution in [0.1, 0.15) is 25.3 Å². The summed E-state index contributed by atoms with van der Waals surface area (Å²) in [6, 6.07) is 10.9. The molecule has 1 aromatic heterocycles. The first-order valence-corrected chi connectivity index (χ1v) is 9.69. The number of carbonyl (C=O) groups is 1. The average Bonchev–Trinajstić information content (AvgIpc) is 3.18. The third-order valence-electron chi connectivity index (χ3n) is 4.36. The van der Waals surface area contributed by atoms with E-state index in [1.54, 1.807) is 38.1 Å². The molecule has 2 aromatic carbocycles. The van der Waals surface area contributed by atoms with Gasteiger partial charge in [0.1, 0.15) is 5.75 Å². The van der Waals surface area contributed by atoms with Gasteiger partial charge < -0.3 is 14.1 Å². The minimum Gasteiger partial charge on any atom is -0.484 e. The lowest BCUT2D eigenvalue weighted by atomic mass is 10.2. The van der Waals surface area contributed by atoms with Crippen LogP contribution in [0.5, 0.6) is 5.75 Å². The minimum absolute atomic E-state index is 0.0460. The molecule has 1 amide bonds. The van der Waals surface area contributed by atoms with Gasteiger partial charge in [0.05, 0.1) is 22.7 Å². The van der Waals surface area contributed by atoms with Gasteiger partial charge in [0.25, 0.3) is 5.91 Å². The number of aromatic nitrogens is 2. The summed E-state index contributed by atoms with van der Waals surface area (Å²) in [5.74, 6) is 0.223. The van der Waals surface area contributed by atoms with Gasteiger partial charge in [0.15, 0.2) is 6.61 Å². The Morgan fingerprint density at radius 1 is 1.13 bits per heavy atom. The molecule has 0 atom stereocenters. The van der Waals surface area contributed by atoms with Gasteiger partial charge in [-0.1, -0.05) is 23.7 Å². The van der Waals surface area contributed by atoms with Crippen molar-refractivity contribution < 1.29 is 27.1 Å². The molecule has 6 nitrogen and oxygen atoms in total. The van der Waals surface area contributed by atoms with E-state index in [1.165, 1.54) is 17.0 Å². The fourth-order valence-corrected chi connectivity index (χ4v) is 2.95. The number of amides is 1. The number of nitrogens with zero attached hydrogens (tertiary/aromatic N) is 3. The van der Waals surface area contributed by atoms with Crippen LogP contribution in [-0.2, 0) is 17.5 Å². The Bertz CT molecular complexity index is 1040. The zero-order valence-electron chi connectivity index (χ0n) is 16.7. The molecule has 0 saturated carbocycles. The molecule has 3 aromatic rings. The zero-order chi connectivity index (χ0) is 22.6. The van der Waals surface area contributed by atoms with Crippen molar-refractivity contribution in [1.82, 2.24) is 15.1 Å². The van der Waals surface area contributed by atoms with E-state index < -0.39 is 11.7 Å². The Morgan fingerprint density at radius 2 is 1.81 bits per heavy atom. The highest BCUT2D eigenvalue weighted by Gasteiger charge is 2.30. The molecule has 0 unspecified atom stereocenters. The fourth-order valence-electron chi connectivity index (χ4n) is 2.73. The Labute approximate surface area is 181 Å². The quantitative estimate of drug-likeness (QED) is 0.490. The summed E-state index contributed by atoms with van der Waals surface area (Å²) >= 11 is 6.14. The van der Waals surface area contributed by atoms with Gasteiger partial charge in [-0.25, -0.2) is 0 Å². The summed E-state index contributed by atoms with van der Waals surface area (Å²) in [5.41, 5.74) is -0.211. The van der Waals surface area contributed by atoms with E-state index in [0.717, 1.165) is 12.1 Å². The molecule has 0 radical (unpaired) electrons. The molecule has 0 aliphatic rings. The largest absolute Gasteiger partial charge is 0.484 e. The first-order chi connectivity index (χ1) is 14.6. The minimum atomic E-state index is -4.43. The lowest BCUT2D eigenvalue weighted by Gasteiger charge is -2.25. The second-order valence-corrected chi connectivity index (χ2v) is 7.31. The third kappa shape index (κ3) is 5.75. The van der Waals surface area contributed by atoms with Crippen molar-refractivity contribution in [3.8, 4) is 17.2 Å². The molecular weight excluding hydrogens is 435 g/mol. The summed E-state index contributed by atoms with van der Waals surface area (Å²) in [7, 11) is 0. The monoisotopic (exact) mass is 453 g/mol. The maximum Gasteiger partial charge on any atom is 0.416 e. The molecule has 0 fully saturated rings. The summed E-state index contributed by atoms with van der Waals surface area (Å²) in [6.07, 6.45) is -4.43. The molecule has 164 valence electrons. The lowest BCUT2D eigenvalue weighted by molar-refractivity contribution is -0.138. The number of ether oxygens (including phenoxy) is 1. The van der Waals surface area contributed by atoms with Gasteiger partial charge in [-0.3, -0.25) is 4.79 Å². The second kappa shape index (κ2) is 9.38. The van der Waals surface area contributed by atoms with E-state index in [0.29, 0.717) is 10.6 Å². The first kappa shape index (κ1) is 22.6. The van der Waals surface area contributed by atoms with Gasteiger partial charge in [-0.2, -0.15) is 13.2 Å². The molecule has 10 heteroatoms. The first-order valence-electron chi connectivity index (χ1n) is 9.32. The van der Waals surface area contributed by atoms with Gasteiger partial charge in [-0.15, -0.1) is 10.2 Å². The van der Waals surface area contributed by atoms with Crippen LogP contribution < -0.4 is 4.74 Å². The maximum atomic E-state index is 12.6. The molecule has 0 saturated heterocycles. The van der Waals surface area contributed by atoms with Gasteiger partial charge in [0, 0.05) is 6.04 Å². The average molecular weight is 454 g/mol. The Balaban J connectivity index is 1.64. The van der Waals surface area contributed by atoms with E-state index in [-0.39, 0.29) is 42.6 Å². The zero-order valence-corrected chi connectivity index (χ0v) is 17.4. The van der Waals surface area contributed by atoms with Crippen molar-refractivity contribution in [1.29, 1.82) is 0 Å². The number of benzene rings is 2. The molecule has 1 heterocycles. The Hall–Kier alpha value is -3.07. The van der Waals surface area contributed by atoms with Crippen LogP contribution >= 0.6 is 11.6 Å². The highest BCUT2D eigenvalue weighted by Crippen LogP contribution is 2.30. The number of hydrogen-bond acceptors (Lipinski definition) is 5. The van der Waals surface area contributed by atoms with Crippen molar-refractivity contribution in [3.05, 3.63) is 65.0 Å². The molecule has 0 N–H and O–H groups in total. The number of alkyl halides is 3. The van der Waals surface area contributed by atoms with Crippen LogP contribution in [0.15, 0.2) is 52.9 Å². The van der Waals surface area contributed by atoms with Gasteiger partial charge in [0.2, 0.25) is 11.8 Å².